The van der Waals surface area contributed by atoms with Gasteiger partial charge in [0.05, 0.1) is 13.2 Å². The lowest BCUT2D eigenvalue weighted by atomic mass is 9.76. The second-order valence-electron chi connectivity index (χ2n) is 7.97. The molecule has 0 amide bonds. The van der Waals surface area contributed by atoms with Crippen molar-refractivity contribution in [2.24, 2.45) is 0 Å². The maximum Gasteiger partial charge on any atom is 0.168 e. The molecule has 0 unspecified atom stereocenters. The molecule has 1 heterocycles. The van der Waals surface area contributed by atoms with Gasteiger partial charge in [-0.05, 0) is 47.4 Å². The Morgan fingerprint density at radius 1 is 1.19 bits per heavy atom. The Kier molecular flexibility index (Phi) is 5.40. The second kappa shape index (κ2) is 8.37. The van der Waals surface area contributed by atoms with Gasteiger partial charge in [-0.15, -0.1) is 6.42 Å². The maximum atomic E-state index is 13.3. The Morgan fingerprint density at radius 2 is 2.03 bits per heavy atom. The van der Waals surface area contributed by atoms with Crippen molar-refractivity contribution in [2.75, 3.05) is 19.0 Å². The van der Waals surface area contributed by atoms with E-state index in [-0.39, 0.29) is 18.4 Å². The zero-order valence-corrected chi connectivity index (χ0v) is 19.3. The number of ether oxygens (including phenoxy) is 2. The summed E-state index contributed by atoms with van der Waals surface area (Å²) < 4.78 is 12.4. The molecule has 0 bridgehead atoms. The summed E-state index contributed by atoms with van der Waals surface area (Å²) in [5.74, 6) is 3.82. The van der Waals surface area contributed by atoms with Crippen LogP contribution in [0.4, 0.5) is 5.69 Å². The van der Waals surface area contributed by atoms with Crippen LogP contribution in [0, 0.1) is 12.3 Å². The Labute approximate surface area is 195 Å². The van der Waals surface area contributed by atoms with E-state index in [2.05, 4.69) is 51.4 Å². The molecule has 1 aliphatic heterocycles. The minimum Gasteiger partial charge on any atom is -0.493 e. The number of benzene rings is 3. The monoisotopic (exact) mass is 487 g/mol. The van der Waals surface area contributed by atoms with E-state index in [0.717, 1.165) is 50.7 Å². The molecule has 32 heavy (non-hydrogen) atoms. The molecule has 0 aromatic heterocycles. The summed E-state index contributed by atoms with van der Waals surface area (Å²) in [6.07, 6.45) is 7.73. The highest BCUT2D eigenvalue weighted by Crippen LogP contribution is 2.51. The number of methoxy groups -OCH3 is 1. The highest BCUT2D eigenvalue weighted by molar-refractivity contribution is 9.10. The van der Waals surface area contributed by atoms with Crippen LogP contribution in [0.5, 0.6) is 11.5 Å². The summed E-state index contributed by atoms with van der Waals surface area (Å²) in [6, 6.07) is 16.0. The Balaban J connectivity index is 1.77. The van der Waals surface area contributed by atoms with Gasteiger partial charge in [-0.3, -0.25) is 4.79 Å². The third-order valence-electron chi connectivity index (χ3n) is 6.15. The van der Waals surface area contributed by atoms with Gasteiger partial charge in [0.2, 0.25) is 0 Å². The quantitative estimate of drug-likeness (QED) is 0.438. The molecule has 3 aromatic rings. The molecule has 1 aliphatic carbocycles. The van der Waals surface area contributed by atoms with Gasteiger partial charge in [-0.25, -0.2) is 0 Å². The van der Waals surface area contributed by atoms with Gasteiger partial charge in [-0.2, -0.15) is 0 Å². The van der Waals surface area contributed by atoms with Crippen LogP contribution in [0.1, 0.15) is 36.4 Å². The molecule has 4 nitrogen and oxygen atoms in total. The number of carbonyl (C=O) groups excluding carboxylic acids is 1. The molecule has 0 saturated carbocycles. The fourth-order valence-corrected chi connectivity index (χ4v) is 5.31. The molecule has 5 heteroatoms. The first-order valence-electron chi connectivity index (χ1n) is 10.6. The van der Waals surface area contributed by atoms with Gasteiger partial charge in [0.15, 0.2) is 17.3 Å². The van der Waals surface area contributed by atoms with E-state index in [0.29, 0.717) is 17.9 Å². The van der Waals surface area contributed by atoms with Crippen molar-refractivity contribution < 1.29 is 14.3 Å². The fraction of sp³-hybridized carbons (Fsp3) is 0.222. The number of hydrogen-bond donors (Lipinski definition) is 1. The van der Waals surface area contributed by atoms with Crippen molar-refractivity contribution in [1.82, 2.24) is 0 Å². The average Bonchev–Trinajstić information content (AvgIpc) is 2.82. The lowest BCUT2D eigenvalue weighted by Gasteiger charge is -2.36. The van der Waals surface area contributed by atoms with Crippen LogP contribution in [0.3, 0.4) is 0 Å². The van der Waals surface area contributed by atoms with E-state index in [1.165, 1.54) is 5.39 Å². The Bertz CT molecular complexity index is 1320. The van der Waals surface area contributed by atoms with Crippen molar-refractivity contribution >= 4 is 43.7 Å². The minimum absolute atomic E-state index is 0.110. The van der Waals surface area contributed by atoms with E-state index in [1.54, 1.807) is 7.11 Å². The molecule has 5 rings (SSSR count). The second-order valence-corrected chi connectivity index (χ2v) is 8.89. The number of fused-ring (bicyclic) bond motifs is 4. The number of carbonyl (C=O) groups is 1. The smallest absolute Gasteiger partial charge is 0.168 e. The number of hydrogen-bond acceptors (Lipinski definition) is 4. The number of Topliss-reactive ketones (excluding diaryl/α,β-unsaturated/α-hetero) is 1. The lowest BCUT2D eigenvalue weighted by molar-refractivity contribution is -0.116. The summed E-state index contributed by atoms with van der Waals surface area (Å²) in [4.78, 5) is 13.3. The number of anilines is 1. The van der Waals surface area contributed by atoms with Gasteiger partial charge in [0, 0.05) is 33.3 Å². The molecule has 0 saturated heterocycles. The number of ketones is 1. The lowest BCUT2D eigenvalue weighted by Crippen LogP contribution is -2.28. The zero-order chi connectivity index (χ0) is 22.2. The van der Waals surface area contributed by atoms with Gasteiger partial charge >= 0.3 is 0 Å². The van der Waals surface area contributed by atoms with Crippen LogP contribution >= 0.6 is 15.9 Å². The van der Waals surface area contributed by atoms with Crippen molar-refractivity contribution in [2.45, 2.75) is 25.3 Å². The van der Waals surface area contributed by atoms with Crippen molar-refractivity contribution in [3.8, 4) is 23.8 Å². The van der Waals surface area contributed by atoms with E-state index in [1.807, 2.05) is 24.3 Å². The molecule has 2 aliphatic rings. The summed E-state index contributed by atoms with van der Waals surface area (Å²) in [7, 11) is 1.60. The first-order chi connectivity index (χ1) is 15.6. The molecule has 160 valence electrons. The topological polar surface area (TPSA) is 47.6 Å². The molecule has 0 fully saturated rings. The number of halogens is 1. The van der Waals surface area contributed by atoms with Crippen LogP contribution in [0.2, 0.25) is 0 Å². The van der Waals surface area contributed by atoms with Crippen LogP contribution in [0.25, 0.3) is 16.3 Å². The highest BCUT2D eigenvalue weighted by Gasteiger charge is 2.37. The molecular weight excluding hydrogens is 466 g/mol. The Morgan fingerprint density at radius 3 is 2.84 bits per heavy atom. The molecular formula is C27H22BrNO3. The third-order valence-corrected chi connectivity index (χ3v) is 6.61. The van der Waals surface area contributed by atoms with Gasteiger partial charge in [0.1, 0.15) is 6.61 Å². The van der Waals surface area contributed by atoms with Crippen molar-refractivity contribution in [3.05, 3.63) is 69.7 Å². The van der Waals surface area contributed by atoms with Gasteiger partial charge in [0.25, 0.3) is 0 Å². The minimum atomic E-state index is -0.356. The van der Waals surface area contributed by atoms with E-state index in [9.17, 15) is 4.79 Å². The SMILES string of the molecule is C#CCOc1c(OC)cc(Br)cc1[C@H]1Nc2ccc3ccccc3c2C2=C1C(=O)CCC2. The summed E-state index contributed by atoms with van der Waals surface area (Å²) >= 11 is 3.59. The normalized spacial score (nSPS) is 17.3. The Hall–Kier alpha value is -3.23. The molecule has 3 aromatic carbocycles. The van der Waals surface area contributed by atoms with Crippen LogP contribution in [0.15, 0.2) is 58.6 Å². The summed E-state index contributed by atoms with van der Waals surface area (Å²) in [5, 5.41) is 5.97. The average molecular weight is 488 g/mol. The number of terminal acetylenes is 1. The standard InChI is InChI=1S/C27H22BrNO3/c1-3-13-32-27-20(14-17(28)15-23(27)31-2)26-25-19(9-6-10-22(25)30)24-18-8-5-4-7-16(18)11-12-21(24)29-26/h1,4-5,7-8,11-12,14-15,26,29H,6,9-10,13H2,2H3/t26-/m1/s1. The predicted octanol–water partition coefficient (Wildman–Crippen LogP) is 6.30. The number of rotatable bonds is 4. The highest BCUT2D eigenvalue weighted by atomic mass is 79.9. The van der Waals surface area contributed by atoms with Gasteiger partial charge < -0.3 is 14.8 Å². The largest absolute Gasteiger partial charge is 0.493 e. The van der Waals surface area contributed by atoms with E-state index < -0.39 is 0 Å². The third kappa shape index (κ3) is 3.36. The predicted molar refractivity (Wildman–Crippen MR) is 131 cm³/mol. The first kappa shape index (κ1) is 20.7. The van der Waals surface area contributed by atoms with Crippen LogP contribution in [-0.2, 0) is 4.79 Å². The van der Waals surface area contributed by atoms with Crippen molar-refractivity contribution in [3.63, 3.8) is 0 Å². The number of allylic oxidation sites excluding steroid dienone is 1. The molecule has 1 N–H and O–H groups in total. The van der Waals surface area contributed by atoms with E-state index in [4.69, 9.17) is 15.9 Å². The van der Waals surface area contributed by atoms with Gasteiger partial charge in [-0.1, -0.05) is 52.2 Å². The van der Waals surface area contributed by atoms with Crippen molar-refractivity contribution in [1.29, 1.82) is 0 Å². The van der Waals surface area contributed by atoms with Crippen LogP contribution < -0.4 is 14.8 Å². The maximum absolute atomic E-state index is 13.3. The molecule has 0 radical (unpaired) electrons. The summed E-state index contributed by atoms with van der Waals surface area (Å²) in [6.45, 7) is 0.110. The summed E-state index contributed by atoms with van der Waals surface area (Å²) in [5.41, 5.74) is 4.91. The number of nitrogens with one attached hydrogen (secondary N) is 1. The van der Waals surface area contributed by atoms with E-state index >= 15 is 0 Å². The molecule has 0 spiro atoms. The fourth-order valence-electron chi connectivity index (χ4n) is 4.86. The zero-order valence-electron chi connectivity index (χ0n) is 17.7. The van der Waals surface area contributed by atoms with Crippen LogP contribution in [-0.4, -0.2) is 19.5 Å². The molecule has 1 atom stereocenters. The first-order valence-corrected chi connectivity index (χ1v) is 11.4.